The van der Waals surface area contributed by atoms with Gasteiger partial charge < -0.3 is 15.0 Å². The van der Waals surface area contributed by atoms with Gasteiger partial charge in [0, 0.05) is 43.3 Å². The summed E-state index contributed by atoms with van der Waals surface area (Å²) in [6.45, 7) is 2.81. The van der Waals surface area contributed by atoms with Crippen LogP contribution in [0.4, 0.5) is 19.3 Å². The van der Waals surface area contributed by atoms with E-state index in [9.17, 15) is 13.6 Å². The monoisotopic (exact) mass is 561 g/mol. The molecular formula is C32H30ClF2N3O2. The van der Waals surface area contributed by atoms with Crippen molar-refractivity contribution in [1.82, 2.24) is 9.80 Å². The molecule has 1 fully saturated rings. The van der Waals surface area contributed by atoms with Crippen LogP contribution in [0.25, 0.3) is 0 Å². The van der Waals surface area contributed by atoms with E-state index in [0.29, 0.717) is 23.1 Å². The standard InChI is InChI=1S/C32H30ClF2N3O2/c33-25-9-12-28(13-10-25)40-29-8-4-7-24(19-29)22-38(32(39)36-31-14-11-26(34)20-30(31)35)27-15-17-37(18-16-27)21-23-5-2-1-3-6-23/h1-14,19-20,27H,15-18,21-22H2,(H,36,39). The van der Waals surface area contributed by atoms with Crippen molar-refractivity contribution >= 4 is 23.3 Å². The molecular weight excluding hydrogens is 532 g/mol. The maximum Gasteiger partial charge on any atom is 0.322 e. The van der Waals surface area contributed by atoms with Crippen LogP contribution in [0.2, 0.25) is 5.02 Å². The highest BCUT2D eigenvalue weighted by atomic mass is 35.5. The van der Waals surface area contributed by atoms with Gasteiger partial charge in [-0.15, -0.1) is 0 Å². The molecule has 0 spiro atoms. The molecule has 1 N–H and O–H groups in total. The minimum Gasteiger partial charge on any atom is -0.457 e. The molecule has 1 aliphatic rings. The predicted octanol–water partition coefficient (Wildman–Crippen LogP) is 8.11. The first-order valence-corrected chi connectivity index (χ1v) is 13.6. The summed E-state index contributed by atoms with van der Waals surface area (Å²) in [5, 5.41) is 3.27. The minimum absolute atomic E-state index is 0.0577. The molecule has 1 saturated heterocycles. The van der Waals surface area contributed by atoms with Crippen molar-refractivity contribution in [2.75, 3.05) is 18.4 Å². The number of amides is 2. The van der Waals surface area contributed by atoms with E-state index in [1.165, 1.54) is 11.6 Å². The van der Waals surface area contributed by atoms with Crippen molar-refractivity contribution in [3.63, 3.8) is 0 Å². The van der Waals surface area contributed by atoms with E-state index in [1.807, 2.05) is 42.5 Å². The first kappa shape index (κ1) is 27.6. The second kappa shape index (κ2) is 12.9. The molecule has 0 aliphatic carbocycles. The van der Waals surface area contributed by atoms with Crippen LogP contribution in [-0.2, 0) is 13.1 Å². The van der Waals surface area contributed by atoms with Crippen molar-refractivity contribution in [2.24, 2.45) is 0 Å². The van der Waals surface area contributed by atoms with Crippen molar-refractivity contribution in [3.05, 3.63) is 125 Å². The smallest absolute Gasteiger partial charge is 0.322 e. The summed E-state index contributed by atoms with van der Waals surface area (Å²) in [6.07, 6.45) is 1.54. The highest BCUT2D eigenvalue weighted by molar-refractivity contribution is 6.30. The summed E-state index contributed by atoms with van der Waals surface area (Å²) in [4.78, 5) is 17.6. The Hall–Kier alpha value is -3.94. The molecule has 0 atom stereocenters. The van der Waals surface area contributed by atoms with E-state index in [-0.39, 0.29) is 11.7 Å². The Morgan fingerprint density at radius 2 is 1.60 bits per heavy atom. The second-order valence-corrected chi connectivity index (χ2v) is 10.3. The van der Waals surface area contributed by atoms with Crippen LogP contribution in [0, 0.1) is 11.6 Å². The molecule has 0 saturated carbocycles. The van der Waals surface area contributed by atoms with Gasteiger partial charge in [0.15, 0.2) is 0 Å². The number of nitrogens with zero attached hydrogens (tertiary/aromatic N) is 2. The fourth-order valence-corrected chi connectivity index (χ4v) is 5.04. The van der Waals surface area contributed by atoms with E-state index in [4.69, 9.17) is 16.3 Å². The Kier molecular flexibility index (Phi) is 8.94. The van der Waals surface area contributed by atoms with Crippen LogP contribution in [0.15, 0.2) is 97.1 Å². The number of anilines is 1. The van der Waals surface area contributed by atoms with Crippen LogP contribution < -0.4 is 10.1 Å². The number of rotatable bonds is 8. The van der Waals surface area contributed by atoms with Crippen LogP contribution in [0.5, 0.6) is 11.5 Å². The van der Waals surface area contributed by atoms with E-state index in [2.05, 4.69) is 22.3 Å². The minimum atomic E-state index is -0.815. The lowest BCUT2D eigenvalue weighted by Gasteiger charge is -2.38. The number of piperidine rings is 1. The molecule has 1 aliphatic heterocycles. The van der Waals surface area contributed by atoms with Gasteiger partial charge in [-0.05, 0) is 72.5 Å². The fraction of sp³-hybridized carbons (Fsp3) is 0.219. The summed E-state index contributed by atoms with van der Waals surface area (Å²) in [5.74, 6) is -0.240. The second-order valence-electron chi connectivity index (χ2n) is 9.88. The molecule has 5 nitrogen and oxygen atoms in total. The molecule has 0 unspecified atom stereocenters. The maximum atomic E-state index is 14.4. The molecule has 1 heterocycles. The molecule has 0 aromatic heterocycles. The molecule has 2 amide bonds. The zero-order valence-corrected chi connectivity index (χ0v) is 22.7. The van der Waals surface area contributed by atoms with Gasteiger partial charge in [-0.1, -0.05) is 54.1 Å². The van der Waals surface area contributed by atoms with E-state index in [1.54, 1.807) is 29.2 Å². The Labute approximate surface area is 237 Å². The van der Waals surface area contributed by atoms with Gasteiger partial charge in [0.1, 0.15) is 23.1 Å². The average molecular weight is 562 g/mol. The largest absolute Gasteiger partial charge is 0.457 e. The van der Waals surface area contributed by atoms with Crippen LogP contribution in [-0.4, -0.2) is 35.0 Å². The molecule has 206 valence electrons. The first-order chi connectivity index (χ1) is 19.4. The van der Waals surface area contributed by atoms with Crippen LogP contribution in [0.1, 0.15) is 24.0 Å². The third-order valence-electron chi connectivity index (χ3n) is 6.98. The molecule has 40 heavy (non-hydrogen) atoms. The van der Waals surface area contributed by atoms with Crippen molar-refractivity contribution < 1.29 is 18.3 Å². The van der Waals surface area contributed by atoms with Gasteiger partial charge in [-0.2, -0.15) is 0 Å². The number of hydrogen-bond acceptors (Lipinski definition) is 3. The Morgan fingerprint density at radius 3 is 2.33 bits per heavy atom. The zero-order valence-electron chi connectivity index (χ0n) is 21.9. The quantitative estimate of drug-likeness (QED) is 0.236. The van der Waals surface area contributed by atoms with Gasteiger partial charge in [-0.25, -0.2) is 13.6 Å². The lowest BCUT2D eigenvalue weighted by molar-refractivity contribution is 0.119. The normalized spacial score (nSPS) is 14.1. The first-order valence-electron chi connectivity index (χ1n) is 13.2. The fourth-order valence-electron chi connectivity index (χ4n) is 4.92. The molecule has 8 heteroatoms. The number of carbonyl (C=O) groups is 1. The topological polar surface area (TPSA) is 44.8 Å². The Balaban J connectivity index is 1.31. The Morgan fingerprint density at radius 1 is 0.875 bits per heavy atom. The van der Waals surface area contributed by atoms with Gasteiger partial charge in [0.25, 0.3) is 0 Å². The number of carbonyl (C=O) groups excluding carboxylic acids is 1. The number of hydrogen-bond donors (Lipinski definition) is 1. The van der Waals surface area contributed by atoms with E-state index >= 15 is 0 Å². The molecule has 0 radical (unpaired) electrons. The number of urea groups is 1. The van der Waals surface area contributed by atoms with Gasteiger partial charge in [0.05, 0.1) is 5.69 Å². The average Bonchev–Trinajstić information content (AvgIpc) is 2.96. The molecule has 0 bridgehead atoms. The van der Waals surface area contributed by atoms with Crippen molar-refractivity contribution in [1.29, 1.82) is 0 Å². The Bertz CT molecular complexity index is 1430. The number of ether oxygens (including phenoxy) is 1. The van der Waals surface area contributed by atoms with E-state index in [0.717, 1.165) is 50.2 Å². The van der Waals surface area contributed by atoms with E-state index < -0.39 is 17.7 Å². The summed E-state index contributed by atoms with van der Waals surface area (Å²) >= 11 is 5.98. The third-order valence-corrected chi connectivity index (χ3v) is 7.23. The highest BCUT2D eigenvalue weighted by Crippen LogP contribution is 2.27. The number of halogens is 3. The number of likely N-dealkylation sites (tertiary alicyclic amines) is 1. The van der Waals surface area contributed by atoms with Crippen molar-refractivity contribution in [3.8, 4) is 11.5 Å². The molecule has 4 aromatic carbocycles. The number of benzene rings is 4. The lowest BCUT2D eigenvalue weighted by atomic mass is 10.0. The highest BCUT2D eigenvalue weighted by Gasteiger charge is 2.29. The molecule has 4 aromatic rings. The predicted molar refractivity (Wildman–Crippen MR) is 154 cm³/mol. The maximum absolute atomic E-state index is 14.4. The third kappa shape index (κ3) is 7.37. The zero-order chi connectivity index (χ0) is 27.9. The molecule has 5 rings (SSSR count). The summed E-state index contributed by atoms with van der Waals surface area (Å²) < 4.78 is 33.8. The summed E-state index contributed by atoms with van der Waals surface area (Å²) in [6, 6.07) is 27.6. The van der Waals surface area contributed by atoms with Gasteiger partial charge in [-0.3, -0.25) is 4.90 Å². The van der Waals surface area contributed by atoms with Crippen LogP contribution in [0.3, 0.4) is 0 Å². The summed E-state index contributed by atoms with van der Waals surface area (Å²) in [5.41, 5.74) is 2.06. The summed E-state index contributed by atoms with van der Waals surface area (Å²) in [7, 11) is 0. The SMILES string of the molecule is O=C(Nc1ccc(F)cc1F)N(Cc1cccc(Oc2ccc(Cl)cc2)c1)C1CCN(Cc2ccccc2)CC1. The van der Waals surface area contributed by atoms with Crippen molar-refractivity contribution in [2.45, 2.75) is 32.0 Å². The van der Waals surface area contributed by atoms with Gasteiger partial charge in [0.2, 0.25) is 0 Å². The van der Waals surface area contributed by atoms with Gasteiger partial charge >= 0.3 is 6.03 Å². The lowest BCUT2D eigenvalue weighted by Crippen LogP contribution is -2.48. The van der Waals surface area contributed by atoms with Crippen LogP contribution >= 0.6 is 11.6 Å². The number of nitrogens with one attached hydrogen (secondary N) is 1.